The van der Waals surface area contributed by atoms with Crippen LogP contribution in [0.15, 0.2) is 18.2 Å². The van der Waals surface area contributed by atoms with Crippen molar-refractivity contribution >= 4 is 17.6 Å². The third-order valence-corrected chi connectivity index (χ3v) is 4.35. The van der Waals surface area contributed by atoms with E-state index >= 15 is 0 Å². The van der Waals surface area contributed by atoms with Crippen molar-refractivity contribution in [1.82, 2.24) is 5.32 Å². The summed E-state index contributed by atoms with van der Waals surface area (Å²) in [6.07, 6.45) is 1.58. The lowest BCUT2D eigenvalue weighted by atomic mass is 9.88. The molecular formula is C15H18N2O3. The van der Waals surface area contributed by atoms with Gasteiger partial charge in [-0.2, -0.15) is 0 Å². The average Bonchev–Trinajstić information content (AvgIpc) is 3.04. The first-order valence-corrected chi connectivity index (χ1v) is 6.90. The predicted molar refractivity (Wildman–Crippen MR) is 75.1 cm³/mol. The third-order valence-electron chi connectivity index (χ3n) is 4.35. The fourth-order valence-electron chi connectivity index (χ4n) is 3.07. The number of carbonyl (C=O) groups is 2. The molecule has 1 atom stereocenters. The van der Waals surface area contributed by atoms with E-state index in [1.54, 1.807) is 18.2 Å². The van der Waals surface area contributed by atoms with Crippen molar-refractivity contribution in [3.63, 3.8) is 0 Å². The Morgan fingerprint density at radius 3 is 2.85 bits per heavy atom. The van der Waals surface area contributed by atoms with Crippen LogP contribution < -0.4 is 10.2 Å². The number of amides is 1. The summed E-state index contributed by atoms with van der Waals surface area (Å²) in [7, 11) is 0. The first kappa shape index (κ1) is 13.1. The molecule has 1 saturated heterocycles. The number of nitrogens with one attached hydrogen (secondary N) is 1. The van der Waals surface area contributed by atoms with E-state index in [1.165, 1.54) is 0 Å². The summed E-state index contributed by atoms with van der Waals surface area (Å²) in [5, 5.41) is 12.3. The van der Waals surface area contributed by atoms with E-state index in [-0.39, 0.29) is 16.9 Å². The van der Waals surface area contributed by atoms with Crippen LogP contribution in [0.2, 0.25) is 0 Å². The number of aromatic carboxylic acids is 1. The maximum Gasteiger partial charge on any atom is 0.335 e. The first-order valence-electron chi connectivity index (χ1n) is 6.90. The zero-order chi connectivity index (χ0) is 14.3. The van der Waals surface area contributed by atoms with Gasteiger partial charge < -0.3 is 15.3 Å². The molecule has 0 bridgehead atoms. The Labute approximate surface area is 117 Å². The van der Waals surface area contributed by atoms with Gasteiger partial charge in [0.05, 0.1) is 11.0 Å². The molecule has 0 saturated carbocycles. The van der Waals surface area contributed by atoms with Crippen molar-refractivity contribution < 1.29 is 14.7 Å². The Balaban J connectivity index is 1.89. The van der Waals surface area contributed by atoms with Crippen LogP contribution in [0.25, 0.3) is 0 Å². The summed E-state index contributed by atoms with van der Waals surface area (Å²) in [5.74, 6) is -0.783. The van der Waals surface area contributed by atoms with Crippen LogP contribution >= 0.6 is 0 Å². The SMILES string of the molecule is CC1(C(=O)N2CCc3cc(C(=O)O)ccc32)CCNC1. The lowest BCUT2D eigenvalue weighted by Gasteiger charge is -2.28. The Morgan fingerprint density at radius 2 is 2.20 bits per heavy atom. The van der Waals surface area contributed by atoms with E-state index in [0.29, 0.717) is 13.1 Å². The molecule has 5 nitrogen and oxygen atoms in total. The molecule has 2 aliphatic heterocycles. The van der Waals surface area contributed by atoms with Crippen molar-refractivity contribution in [2.24, 2.45) is 5.41 Å². The Bertz CT molecular complexity index is 576. The highest BCUT2D eigenvalue weighted by Gasteiger charge is 2.41. The van der Waals surface area contributed by atoms with Crippen molar-refractivity contribution in [2.75, 3.05) is 24.5 Å². The van der Waals surface area contributed by atoms with E-state index in [0.717, 1.165) is 30.6 Å². The lowest BCUT2D eigenvalue weighted by molar-refractivity contribution is -0.126. The van der Waals surface area contributed by atoms with E-state index in [4.69, 9.17) is 5.11 Å². The molecule has 0 radical (unpaired) electrons. The van der Waals surface area contributed by atoms with Gasteiger partial charge in [-0.15, -0.1) is 0 Å². The molecule has 0 aromatic heterocycles. The number of carbonyl (C=O) groups excluding carboxylic acids is 1. The number of benzene rings is 1. The van der Waals surface area contributed by atoms with E-state index in [9.17, 15) is 9.59 Å². The molecule has 1 fully saturated rings. The second kappa shape index (κ2) is 4.59. The minimum absolute atomic E-state index is 0.143. The van der Waals surface area contributed by atoms with Crippen LogP contribution in [0, 0.1) is 5.41 Å². The van der Waals surface area contributed by atoms with Gasteiger partial charge in [0.2, 0.25) is 5.91 Å². The maximum atomic E-state index is 12.7. The van der Waals surface area contributed by atoms with Gasteiger partial charge in [-0.25, -0.2) is 4.79 Å². The third kappa shape index (κ3) is 1.98. The lowest BCUT2D eigenvalue weighted by Crippen LogP contribution is -2.43. The molecule has 5 heteroatoms. The maximum absolute atomic E-state index is 12.7. The van der Waals surface area contributed by atoms with Crippen LogP contribution in [0.4, 0.5) is 5.69 Å². The van der Waals surface area contributed by atoms with Crippen molar-refractivity contribution in [1.29, 1.82) is 0 Å². The Hall–Kier alpha value is -1.88. The largest absolute Gasteiger partial charge is 0.478 e. The molecule has 0 aliphatic carbocycles. The summed E-state index contributed by atoms with van der Waals surface area (Å²) < 4.78 is 0. The molecular weight excluding hydrogens is 256 g/mol. The number of nitrogens with zero attached hydrogens (tertiary/aromatic N) is 1. The second-order valence-electron chi connectivity index (χ2n) is 5.84. The minimum atomic E-state index is -0.926. The number of fused-ring (bicyclic) bond motifs is 1. The highest BCUT2D eigenvalue weighted by molar-refractivity contribution is 6.00. The molecule has 1 unspecified atom stereocenters. The number of hydrogen-bond acceptors (Lipinski definition) is 3. The molecule has 20 heavy (non-hydrogen) atoms. The molecule has 106 valence electrons. The standard InChI is InChI=1S/C15H18N2O3/c1-15(5-6-16-9-15)14(20)17-7-4-10-8-11(13(18)19)2-3-12(10)17/h2-3,8,16H,4-7,9H2,1H3,(H,18,19). The summed E-state index contributed by atoms with van der Waals surface area (Å²) in [6.45, 7) is 4.23. The highest BCUT2D eigenvalue weighted by atomic mass is 16.4. The number of anilines is 1. The van der Waals surface area contributed by atoms with Crippen molar-refractivity contribution in [2.45, 2.75) is 19.8 Å². The number of carboxylic acids is 1. The minimum Gasteiger partial charge on any atom is -0.478 e. The van der Waals surface area contributed by atoms with Gasteiger partial charge in [-0.3, -0.25) is 4.79 Å². The summed E-state index contributed by atoms with van der Waals surface area (Å²) in [5.41, 5.74) is 1.76. The van der Waals surface area contributed by atoms with E-state index < -0.39 is 5.97 Å². The Morgan fingerprint density at radius 1 is 1.40 bits per heavy atom. The smallest absolute Gasteiger partial charge is 0.335 e. The predicted octanol–water partition coefficient (Wildman–Crippen LogP) is 1.27. The fourth-order valence-corrected chi connectivity index (χ4v) is 3.07. The average molecular weight is 274 g/mol. The first-order chi connectivity index (χ1) is 9.51. The second-order valence-corrected chi connectivity index (χ2v) is 5.84. The van der Waals surface area contributed by atoms with Gasteiger partial charge in [0.15, 0.2) is 0 Å². The van der Waals surface area contributed by atoms with Gasteiger partial charge in [0.25, 0.3) is 0 Å². The highest BCUT2D eigenvalue weighted by Crippen LogP contribution is 2.35. The molecule has 2 aliphatic rings. The topological polar surface area (TPSA) is 69.6 Å². The van der Waals surface area contributed by atoms with Crippen molar-refractivity contribution in [3.8, 4) is 0 Å². The van der Waals surface area contributed by atoms with Gasteiger partial charge in [0.1, 0.15) is 0 Å². The molecule has 0 spiro atoms. The summed E-state index contributed by atoms with van der Waals surface area (Å²) >= 11 is 0. The molecule has 2 N–H and O–H groups in total. The van der Waals surface area contributed by atoms with Gasteiger partial charge >= 0.3 is 5.97 Å². The summed E-state index contributed by atoms with van der Waals surface area (Å²) in [6, 6.07) is 5.01. The van der Waals surface area contributed by atoms with Gasteiger partial charge in [-0.05, 0) is 50.1 Å². The summed E-state index contributed by atoms with van der Waals surface area (Å²) in [4.78, 5) is 25.5. The zero-order valence-corrected chi connectivity index (χ0v) is 11.5. The van der Waals surface area contributed by atoms with Crippen LogP contribution in [0.5, 0.6) is 0 Å². The quantitative estimate of drug-likeness (QED) is 0.852. The van der Waals surface area contributed by atoms with E-state index in [1.807, 2.05) is 11.8 Å². The number of hydrogen-bond donors (Lipinski definition) is 2. The fraction of sp³-hybridized carbons (Fsp3) is 0.467. The Kier molecular flexibility index (Phi) is 3.01. The molecule has 1 amide bonds. The normalized spacial score (nSPS) is 24.8. The zero-order valence-electron chi connectivity index (χ0n) is 11.5. The van der Waals surface area contributed by atoms with Crippen LogP contribution in [-0.4, -0.2) is 36.6 Å². The molecule has 1 aromatic rings. The van der Waals surface area contributed by atoms with Crippen LogP contribution in [0.1, 0.15) is 29.3 Å². The molecule has 3 rings (SSSR count). The number of rotatable bonds is 2. The van der Waals surface area contributed by atoms with Crippen LogP contribution in [0.3, 0.4) is 0 Å². The van der Waals surface area contributed by atoms with Gasteiger partial charge in [0, 0.05) is 18.8 Å². The number of carboxylic acid groups (broad SMARTS) is 1. The molecule has 2 heterocycles. The monoisotopic (exact) mass is 274 g/mol. The van der Waals surface area contributed by atoms with E-state index in [2.05, 4.69) is 5.32 Å². The molecule has 1 aromatic carbocycles. The van der Waals surface area contributed by atoms with Gasteiger partial charge in [-0.1, -0.05) is 0 Å². The van der Waals surface area contributed by atoms with Crippen LogP contribution in [-0.2, 0) is 11.2 Å². The van der Waals surface area contributed by atoms with Crippen molar-refractivity contribution in [3.05, 3.63) is 29.3 Å².